The minimum Gasteiger partial charge on any atom is -0.325 e. The van der Waals surface area contributed by atoms with Crippen LogP contribution >= 0.6 is 0 Å². The standard InChI is InChI=1S/C17H14N2O2/c1-12(20)14-3-2-4-15(11-14)13-5-7-16(8-6-13)19-17(21)9-10-18/h2-8,11H,9H2,1H3,(H,19,21). The lowest BCUT2D eigenvalue weighted by atomic mass is 10.0. The Morgan fingerprint density at radius 1 is 1.10 bits per heavy atom. The summed E-state index contributed by atoms with van der Waals surface area (Å²) in [6, 6.07) is 16.4. The summed E-state index contributed by atoms with van der Waals surface area (Å²) in [6.07, 6.45) is -0.164. The van der Waals surface area contributed by atoms with E-state index in [9.17, 15) is 9.59 Å². The zero-order valence-electron chi connectivity index (χ0n) is 11.6. The molecule has 0 spiro atoms. The Hall–Kier alpha value is -2.93. The molecule has 2 aromatic rings. The van der Waals surface area contributed by atoms with Gasteiger partial charge in [-0.15, -0.1) is 0 Å². The first kappa shape index (κ1) is 14.5. The number of rotatable bonds is 4. The van der Waals surface area contributed by atoms with Crippen LogP contribution in [0, 0.1) is 11.3 Å². The molecule has 2 aromatic carbocycles. The van der Waals surface area contributed by atoms with Crippen molar-refractivity contribution in [3.63, 3.8) is 0 Å². The zero-order chi connectivity index (χ0) is 15.2. The number of anilines is 1. The smallest absolute Gasteiger partial charge is 0.238 e. The molecule has 104 valence electrons. The van der Waals surface area contributed by atoms with Gasteiger partial charge < -0.3 is 5.32 Å². The summed E-state index contributed by atoms with van der Waals surface area (Å²) >= 11 is 0. The van der Waals surface area contributed by atoms with E-state index in [2.05, 4.69) is 5.32 Å². The molecule has 0 heterocycles. The number of hydrogen-bond acceptors (Lipinski definition) is 3. The Kier molecular flexibility index (Phi) is 4.47. The van der Waals surface area contributed by atoms with E-state index < -0.39 is 0 Å². The predicted octanol–water partition coefficient (Wildman–Crippen LogP) is 3.41. The highest BCUT2D eigenvalue weighted by molar-refractivity contribution is 5.95. The van der Waals surface area contributed by atoms with Crippen LogP contribution in [0.3, 0.4) is 0 Å². The number of amides is 1. The highest BCUT2D eigenvalue weighted by Crippen LogP contribution is 2.22. The zero-order valence-corrected chi connectivity index (χ0v) is 11.6. The maximum Gasteiger partial charge on any atom is 0.238 e. The molecule has 2 rings (SSSR count). The number of nitriles is 1. The van der Waals surface area contributed by atoms with E-state index in [1.54, 1.807) is 24.3 Å². The van der Waals surface area contributed by atoms with Gasteiger partial charge >= 0.3 is 0 Å². The Bertz CT molecular complexity index is 712. The molecule has 0 aromatic heterocycles. The number of nitrogens with one attached hydrogen (secondary N) is 1. The minimum atomic E-state index is -0.330. The number of Topliss-reactive ketones (excluding diaryl/α,β-unsaturated/α-hetero) is 1. The van der Waals surface area contributed by atoms with Crippen LogP contribution in [-0.2, 0) is 4.79 Å². The van der Waals surface area contributed by atoms with E-state index in [1.807, 2.05) is 30.3 Å². The second-order valence-electron chi connectivity index (χ2n) is 4.60. The van der Waals surface area contributed by atoms with Gasteiger partial charge in [0.25, 0.3) is 0 Å². The van der Waals surface area contributed by atoms with Gasteiger partial charge in [-0.05, 0) is 36.2 Å². The average Bonchev–Trinajstić information content (AvgIpc) is 2.48. The Balaban J connectivity index is 2.19. The lowest BCUT2D eigenvalue weighted by molar-refractivity contribution is -0.115. The maximum absolute atomic E-state index is 11.4. The average molecular weight is 278 g/mol. The topological polar surface area (TPSA) is 70.0 Å². The van der Waals surface area contributed by atoms with Crippen molar-refractivity contribution < 1.29 is 9.59 Å². The van der Waals surface area contributed by atoms with E-state index in [0.717, 1.165) is 11.1 Å². The second kappa shape index (κ2) is 6.49. The summed E-state index contributed by atoms with van der Waals surface area (Å²) in [4.78, 5) is 22.7. The van der Waals surface area contributed by atoms with Crippen LogP contribution in [0.15, 0.2) is 48.5 Å². The van der Waals surface area contributed by atoms with Gasteiger partial charge in [0.1, 0.15) is 6.42 Å². The highest BCUT2D eigenvalue weighted by Gasteiger charge is 2.04. The molecule has 0 fully saturated rings. The molecule has 0 unspecified atom stereocenters. The number of benzene rings is 2. The van der Waals surface area contributed by atoms with Crippen LogP contribution in [0.5, 0.6) is 0 Å². The lowest BCUT2D eigenvalue weighted by Crippen LogP contribution is -2.09. The van der Waals surface area contributed by atoms with Gasteiger partial charge in [0.05, 0.1) is 6.07 Å². The fraction of sp³-hybridized carbons (Fsp3) is 0.118. The van der Waals surface area contributed by atoms with Crippen molar-refractivity contribution in [3.05, 3.63) is 54.1 Å². The van der Waals surface area contributed by atoms with Gasteiger partial charge in [-0.2, -0.15) is 5.26 Å². The van der Waals surface area contributed by atoms with Crippen molar-refractivity contribution in [2.45, 2.75) is 13.3 Å². The molecule has 21 heavy (non-hydrogen) atoms. The van der Waals surface area contributed by atoms with Crippen LogP contribution in [0.1, 0.15) is 23.7 Å². The SMILES string of the molecule is CC(=O)c1cccc(-c2ccc(NC(=O)CC#N)cc2)c1. The van der Waals surface area contributed by atoms with Crippen molar-refractivity contribution in [1.29, 1.82) is 5.26 Å². The fourth-order valence-electron chi connectivity index (χ4n) is 1.94. The molecule has 4 heteroatoms. The third-order valence-electron chi connectivity index (χ3n) is 3.01. The van der Waals surface area contributed by atoms with Crippen LogP contribution in [-0.4, -0.2) is 11.7 Å². The van der Waals surface area contributed by atoms with Crippen molar-refractivity contribution >= 4 is 17.4 Å². The summed E-state index contributed by atoms with van der Waals surface area (Å²) in [6.45, 7) is 1.53. The maximum atomic E-state index is 11.4. The lowest BCUT2D eigenvalue weighted by Gasteiger charge is -2.06. The number of nitrogens with zero attached hydrogens (tertiary/aromatic N) is 1. The van der Waals surface area contributed by atoms with Gasteiger partial charge in [-0.25, -0.2) is 0 Å². The summed E-state index contributed by atoms with van der Waals surface area (Å²) in [7, 11) is 0. The van der Waals surface area contributed by atoms with E-state index in [0.29, 0.717) is 11.3 Å². The molecule has 4 nitrogen and oxygen atoms in total. The Morgan fingerprint density at radius 2 is 1.81 bits per heavy atom. The van der Waals surface area contributed by atoms with E-state index in [4.69, 9.17) is 5.26 Å². The second-order valence-corrected chi connectivity index (χ2v) is 4.60. The van der Waals surface area contributed by atoms with E-state index in [-0.39, 0.29) is 18.1 Å². The molecule has 1 amide bonds. The van der Waals surface area contributed by atoms with Gasteiger partial charge in [-0.1, -0.05) is 30.3 Å². The first-order valence-electron chi connectivity index (χ1n) is 6.48. The molecular weight excluding hydrogens is 264 g/mol. The van der Waals surface area contributed by atoms with Crippen LogP contribution < -0.4 is 5.32 Å². The summed E-state index contributed by atoms with van der Waals surface area (Å²) in [5.41, 5.74) is 3.20. The van der Waals surface area contributed by atoms with Crippen LogP contribution in [0.2, 0.25) is 0 Å². The molecule has 0 aliphatic carbocycles. The third-order valence-corrected chi connectivity index (χ3v) is 3.01. The van der Waals surface area contributed by atoms with Gasteiger partial charge in [0.15, 0.2) is 5.78 Å². The normalized spacial score (nSPS) is 9.71. The number of hydrogen-bond donors (Lipinski definition) is 1. The van der Waals surface area contributed by atoms with Crippen molar-refractivity contribution in [1.82, 2.24) is 0 Å². The minimum absolute atomic E-state index is 0.0252. The van der Waals surface area contributed by atoms with Crippen LogP contribution in [0.25, 0.3) is 11.1 Å². The third kappa shape index (κ3) is 3.77. The predicted molar refractivity (Wildman–Crippen MR) is 80.7 cm³/mol. The highest BCUT2D eigenvalue weighted by atomic mass is 16.1. The van der Waals surface area contributed by atoms with Gasteiger partial charge in [-0.3, -0.25) is 9.59 Å². The van der Waals surface area contributed by atoms with E-state index >= 15 is 0 Å². The Labute approximate surface area is 123 Å². The Morgan fingerprint density at radius 3 is 2.43 bits per heavy atom. The monoisotopic (exact) mass is 278 g/mol. The summed E-state index contributed by atoms with van der Waals surface area (Å²) in [5, 5.41) is 11.1. The summed E-state index contributed by atoms with van der Waals surface area (Å²) < 4.78 is 0. The van der Waals surface area contributed by atoms with Gasteiger partial charge in [0, 0.05) is 11.3 Å². The molecule has 0 saturated heterocycles. The molecule has 0 radical (unpaired) electrons. The fourth-order valence-corrected chi connectivity index (χ4v) is 1.94. The van der Waals surface area contributed by atoms with Crippen molar-refractivity contribution in [2.75, 3.05) is 5.32 Å². The first-order chi connectivity index (χ1) is 10.1. The first-order valence-corrected chi connectivity index (χ1v) is 6.48. The molecule has 0 atom stereocenters. The molecule has 0 bridgehead atoms. The van der Waals surface area contributed by atoms with Crippen LogP contribution in [0.4, 0.5) is 5.69 Å². The van der Waals surface area contributed by atoms with Gasteiger partial charge in [0.2, 0.25) is 5.91 Å². The molecular formula is C17H14N2O2. The number of carbonyl (C=O) groups excluding carboxylic acids is 2. The van der Waals surface area contributed by atoms with E-state index in [1.165, 1.54) is 6.92 Å². The quantitative estimate of drug-likeness (QED) is 0.871. The molecule has 0 aliphatic rings. The largest absolute Gasteiger partial charge is 0.325 e. The van der Waals surface area contributed by atoms with Crippen molar-refractivity contribution in [3.8, 4) is 17.2 Å². The summed E-state index contributed by atoms with van der Waals surface area (Å²) in [5.74, 6) is -0.305. The molecule has 0 aliphatic heterocycles. The molecule has 1 N–H and O–H groups in total. The number of carbonyl (C=O) groups is 2. The number of ketones is 1. The molecule has 0 saturated carbocycles. The van der Waals surface area contributed by atoms with Crippen molar-refractivity contribution in [2.24, 2.45) is 0 Å².